The fraction of sp³-hybridized carbons (Fsp3) is 0.267. The van der Waals surface area contributed by atoms with Gasteiger partial charge in [-0.15, -0.1) is 0 Å². The predicted molar refractivity (Wildman–Crippen MR) is 85.9 cm³/mol. The minimum atomic E-state index is -0.0907. The Balaban J connectivity index is 1.63. The summed E-state index contributed by atoms with van der Waals surface area (Å²) in [5.41, 5.74) is 0.926. The van der Waals surface area contributed by atoms with Crippen molar-refractivity contribution in [3.8, 4) is 0 Å². The second-order valence-electron chi connectivity index (χ2n) is 4.90. The molecule has 114 valence electrons. The summed E-state index contributed by atoms with van der Waals surface area (Å²) < 4.78 is 3.55. The fourth-order valence-corrected chi connectivity index (χ4v) is 2.48. The second kappa shape index (κ2) is 6.19. The van der Waals surface area contributed by atoms with Crippen LogP contribution in [-0.2, 0) is 17.9 Å². The van der Waals surface area contributed by atoms with Crippen molar-refractivity contribution in [2.75, 3.05) is 5.32 Å². The number of aryl methyl sites for hydroxylation is 2. The van der Waals surface area contributed by atoms with Gasteiger partial charge in [-0.3, -0.25) is 14.2 Å². The number of aromatic nitrogens is 4. The molecule has 22 heavy (non-hydrogen) atoms. The quantitative estimate of drug-likeness (QED) is 0.787. The monoisotopic (exact) mass is 317 g/mol. The fourth-order valence-electron chi connectivity index (χ4n) is 2.26. The van der Waals surface area contributed by atoms with Crippen molar-refractivity contribution in [3.63, 3.8) is 0 Å². The topological polar surface area (TPSA) is 64.7 Å². The molecular formula is C15H16ClN5O. The van der Waals surface area contributed by atoms with Gasteiger partial charge in [0.25, 0.3) is 0 Å². The number of anilines is 1. The van der Waals surface area contributed by atoms with Crippen LogP contribution in [0.25, 0.3) is 10.9 Å². The molecule has 0 saturated heterocycles. The molecule has 6 nitrogen and oxygen atoms in total. The van der Waals surface area contributed by atoms with Crippen LogP contribution in [0, 0.1) is 0 Å². The first-order valence-electron chi connectivity index (χ1n) is 7.10. The number of hydrogen-bond acceptors (Lipinski definition) is 3. The van der Waals surface area contributed by atoms with E-state index < -0.39 is 0 Å². The number of carbonyl (C=O) groups is 1. The molecule has 1 aromatic carbocycles. The summed E-state index contributed by atoms with van der Waals surface area (Å²) in [5, 5.41) is 12.8. The molecule has 0 bridgehead atoms. The zero-order valence-corrected chi connectivity index (χ0v) is 12.9. The maximum Gasteiger partial charge on any atom is 0.227 e. The first-order valence-corrected chi connectivity index (χ1v) is 7.48. The molecule has 0 aliphatic rings. The van der Waals surface area contributed by atoms with Crippen molar-refractivity contribution in [3.05, 3.63) is 41.7 Å². The van der Waals surface area contributed by atoms with Crippen molar-refractivity contribution in [2.24, 2.45) is 0 Å². The largest absolute Gasteiger partial charge is 0.309 e. The third-order valence-electron chi connectivity index (χ3n) is 3.42. The highest BCUT2D eigenvalue weighted by molar-refractivity contribution is 6.35. The third kappa shape index (κ3) is 2.96. The lowest BCUT2D eigenvalue weighted by molar-refractivity contribution is -0.116. The molecule has 1 N–H and O–H groups in total. The molecule has 0 radical (unpaired) electrons. The van der Waals surface area contributed by atoms with Crippen LogP contribution in [0.1, 0.15) is 13.3 Å². The summed E-state index contributed by atoms with van der Waals surface area (Å²) in [4.78, 5) is 12.0. The Bertz CT molecular complexity index is 807. The minimum Gasteiger partial charge on any atom is -0.309 e. The van der Waals surface area contributed by atoms with Gasteiger partial charge in [0.2, 0.25) is 5.91 Å². The molecule has 3 rings (SSSR count). The van der Waals surface area contributed by atoms with Gasteiger partial charge in [0, 0.05) is 30.6 Å². The maximum absolute atomic E-state index is 12.0. The Kier molecular flexibility index (Phi) is 4.11. The van der Waals surface area contributed by atoms with Crippen molar-refractivity contribution in [2.45, 2.75) is 26.4 Å². The van der Waals surface area contributed by atoms with Crippen LogP contribution >= 0.6 is 11.6 Å². The zero-order chi connectivity index (χ0) is 15.5. The summed E-state index contributed by atoms with van der Waals surface area (Å²) in [5.74, 6) is 0.479. The highest BCUT2D eigenvalue weighted by Gasteiger charge is 2.09. The molecule has 0 aliphatic heterocycles. The van der Waals surface area contributed by atoms with Gasteiger partial charge in [0.15, 0.2) is 5.82 Å². The second-order valence-corrected chi connectivity index (χ2v) is 5.30. The Morgan fingerprint density at radius 3 is 3.00 bits per heavy atom. The SMILES string of the molecule is CCn1ccc(NC(=O)CCn2ncc3c(Cl)cccc32)n1. The molecule has 1 amide bonds. The van der Waals surface area contributed by atoms with Crippen LogP contribution in [0.3, 0.4) is 0 Å². The van der Waals surface area contributed by atoms with E-state index in [-0.39, 0.29) is 5.91 Å². The van der Waals surface area contributed by atoms with Gasteiger partial charge in [0.05, 0.1) is 23.3 Å². The van der Waals surface area contributed by atoms with Gasteiger partial charge < -0.3 is 5.32 Å². The molecule has 7 heteroatoms. The average molecular weight is 318 g/mol. The van der Waals surface area contributed by atoms with Crippen molar-refractivity contribution < 1.29 is 4.79 Å². The summed E-state index contributed by atoms with van der Waals surface area (Å²) in [6.45, 7) is 3.26. The summed E-state index contributed by atoms with van der Waals surface area (Å²) in [6.07, 6.45) is 3.87. The molecule has 0 spiro atoms. The smallest absolute Gasteiger partial charge is 0.227 e. The predicted octanol–water partition coefficient (Wildman–Crippen LogP) is 2.93. The number of amides is 1. The van der Waals surface area contributed by atoms with Crippen LogP contribution in [0.2, 0.25) is 5.02 Å². The summed E-state index contributed by atoms with van der Waals surface area (Å²) in [6, 6.07) is 7.42. The molecule has 0 atom stereocenters. The lowest BCUT2D eigenvalue weighted by atomic mass is 10.2. The lowest BCUT2D eigenvalue weighted by Gasteiger charge is -2.04. The minimum absolute atomic E-state index is 0.0907. The number of benzene rings is 1. The highest BCUT2D eigenvalue weighted by Crippen LogP contribution is 2.22. The Morgan fingerprint density at radius 2 is 2.23 bits per heavy atom. The van der Waals surface area contributed by atoms with Crippen LogP contribution in [0.5, 0.6) is 0 Å². The van der Waals surface area contributed by atoms with Crippen molar-refractivity contribution in [1.29, 1.82) is 0 Å². The number of rotatable bonds is 5. The molecule has 0 unspecified atom stereocenters. The number of hydrogen-bond donors (Lipinski definition) is 1. The number of carbonyl (C=O) groups excluding carboxylic acids is 1. The molecule has 0 saturated carbocycles. The van der Waals surface area contributed by atoms with Crippen LogP contribution < -0.4 is 5.32 Å². The maximum atomic E-state index is 12.0. The Labute approximate surface area is 132 Å². The average Bonchev–Trinajstić information content (AvgIpc) is 3.12. The van der Waals surface area contributed by atoms with Gasteiger partial charge in [-0.2, -0.15) is 10.2 Å². The number of nitrogens with zero attached hydrogens (tertiary/aromatic N) is 4. The van der Waals surface area contributed by atoms with Crippen LogP contribution in [0.4, 0.5) is 5.82 Å². The van der Waals surface area contributed by atoms with Gasteiger partial charge in [-0.25, -0.2) is 0 Å². The van der Waals surface area contributed by atoms with Gasteiger partial charge in [-0.05, 0) is 19.1 Å². The van der Waals surface area contributed by atoms with Gasteiger partial charge in [-0.1, -0.05) is 17.7 Å². The zero-order valence-electron chi connectivity index (χ0n) is 12.2. The standard InChI is InChI=1S/C15H16ClN5O/c1-2-20-8-6-14(19-20)18-15(22)7-9-21-13-5-3-4-12(16)11(13)10-17-21/h3-6,8,10H,2,7,9H2,1H3,(H,18,19,22). The van der Waals surface area contributed by atoms with E-state index in [1.165, 1.54) is 0 Å². The van der Waals surface area contributed by atoms with E-state index in [4.69, 9.17) is 11.6 Å². The molecule has 2 heterocycles. The molecule has 0 fully saturated rings. The van der Waals surface area contributed by atoms with E-state index in [0.29, 0.717) is 23.8 Å². The molecule has 0 aliphatic carbocycles. The van der Waals surface area contributed by atoms with E-state index in [1.54, 1.807) is 21.6 Å². The number of nitrogens with one attached hydrogen (secondary N) is 1. The van der Waals surface area contributed by atoms with Crippen molar-refractivity contribution >= 4 is 34.2 Å². The Hall–Kier alpha value is -2.34. The van der Waals surface area contributed by atoms with Crippen LogP contribution in [-0.4, -0.2) is 25.5 Å². The summed E-state index contributed by atoms with van der Waals surface area (Å²) >= 11 is 6.11. The number of fused-ring (bicyclic) bond motifs is 1. The molecular weight excluding hydrogens is 302 g/mol. The summed E-state index contributed by atoms with van der Waals surface area (Å²) in [7, 11) is 0. The van der Waals surface area contributed by atoms with Gasteiger partial charge >= 0.3 is 0 Å². The van der Waals surface area contributed by atoms with E-state index in [9.17, 15) is 4.79 Å². The lowest BCUT2D eigenvalue weighted by Crippen LogP contribution is -2.15. The van der Waals surface area contributed by atoms with Crippen molar-refractivity contribution in [1.82, 2.24) is 19.6 Å². The van der Waals surface area contributed by atoms with E-state index >= 15 is 0 Å². The third-order valence-corrected chi connectivity index (χ3v) is 3.75. The molecule has 2 aromatic heterocycles. The number of halogens is 1. The first-order chi connectivity index (χ1) is 10.7. The molecule has 3 aromatic rings. The van der Waals surface area contributed by atoms with E-state index in [2.05, 4.69) is 15.5 Å². The Morgan fingerprint density at radius 1 is 1.36 bits per heavy atom. The normalized spacial score (nSPS) is 11.0. The highest BCUT2D eigenvalue weighted by atomic mass is 35.5. The van der Waals surface area contributed by atoms with E-state index in [0.717, 1.165) is 17.4 Å². The first kappa shape index (κ1) is 14.6. The van der Waals surface area contributed by atoms with Crippen LogP contribution in [0.15, 0.2) is 36.7 Å². The van der Waals surface area contributed by atoms with Gasteiger partial charge in [0.1, 0.15) is 0 Å². The van der Waals surface area contributed by atoms with E-state index in [1.807, 2.05) is 31.3 Å².